The molecule has 42 heavy (non-hydrogen) atoms. The van der Waals surface area contributed by atoms with Gasteiger partial charge in [0, 0.05) is 44.2 Å². The minimum absolute atomic E-state index is 0.0102. The fraction of sp³-hybridized carbons (Fsp3) is 0.500. The number of nitrogens with zero attached hydrogens (tertiary/aromatic N) is 2. The molecule has 0 radical (unpaired) electrons. The third kappa shape index (κ3) is 6.95. The Morgan fingerprint density at radius 1 is 1.00 bits per heavy atom. The highest BCUT2D eigenvalue weighted by Gasteiger charge is 2.39. The third-order valence-corrected chi connectivity index (χ3v) is 8.06. The molecule has 3 unspecified atom stereocenters. The number of benzene rings is 2. The molecule has 2 aliphatic heterocycles. The molecule has 1 fully saturated rings. The first-order valence-electron chi connectivity index (χ1n) is 14.9. The van der Waals surface area contributed by atoms with E-state index in [1.165, 1.54) is 0 Å². The van der Waals surface area contributed by atoms with Crippen molar-refractivity contribution in [1.82, 2.24) is 14.5 Å². The highest BCUT2D eigenvalue weighted by Crippen LogP contribution is 2.39. The predicted molar refractivity (Wildman–Crippen MR) is 158 cm³/mol. The number of aromatic nitrogens is 2. The molecule has 1 amide bonds. The summed E-state index contributed by atoms with van der Waals surface area (Å²) in [5.41, 5.74) is 2.69. The van der Waals surface area contributed by atoms with Gasteiger partial charge in [0.1, 0.15) is 0 Å². The number of ether oxygens (including phenoxy) is 4. The molecule has 0 bridgehead atoms. The standard InChI is InChI=1S/C32H41N3O7/c1-2-41-31-25(14-18-39-20-21-40-19-17-36)26(23-8-4-3-5-9-23)22-29(42-31)30(37)34-15-12-24(13-16-34)35-28-11-7-6-10-27(28)33-32(35)38/h3-11,22,24-26,31,36H,2,12-21H2,1H3,(H,33,38). The fourth-order valence-electron chi connectivity index (χ4n) is 6.01. The van der Waals surface area contributed by atoms with E-state index in [1.54, 1.807) is 0 Å². The number of hydrogen-bond donors (Lipinski definition) is 2. The maximum Gasteiger partial charge on any atom is 0.326 e. The van der Waals surface area contributed by atoms with Crippen LogP contribution in [0.15, 0.2) is 71.2 Å². The number of allylic oxidation sites excluding steroid dienone is 1. The predicted octanol–water partition coefficient (Wildman–Crippen LogP) is 3.59. The molecule has 2 N–H and O–H groups in total. The topological polar surface area (TPSA) is 115 Å². The quantitative estimate of drug-likeness (QED) is 0.298. The Balaban J connectivity index is 1.29. The number of carbonyl (C=O) groups excluding carboxylic acids is 1. The van der Waals surface area contributed by atoms with Crippen molar-refractivity contribution in [1.29, 1.82) is 0 Å². The summed E-state index contributed by atoms with van der Waals surface area (Å²) in [4.78, 5) is 31.3. The number of aliphatic hydroxyl groups excluding tert-OH is 1. The van der Waals surface area contributed by atoms with Crippen LogP contribution in [0, 0.1) is 5.92 Å². The van der Waals surface area contributed by atoms with Gasteiger partial charge in [0.15, 0.2) is 5.76 Å². The molecule has 2 aliphatic rings. The summed E-state index contributed by atoms with van der Waals surface area (Å²) in [5.74, 6) is 0.00875. The van der Waals surface area contributed by atoms with Crippen molar-refractivity contribution in [3.05, 3.63) is 82.5 Å². The zero-order valence-corrected chi connectivity index (χ0v) is 24.2. The van der Waals surface area contributed by atoms with Crippen LogP contribution in [0.1, 0.15) is 43.7 Å². The Morgan fingerprint density at radius 3 is 2.45 bits per heavy atom. The van der Waals surface area contributed by atoms with Gasteiger partial charge in [-0.3, -0.25) is 9.36 Å². The molecule has 0 spiro atoms. The number of hydrogen-bond acceptors (Lipinski definition) is 7. The summed E-state index contributed by atoms with van der Waals surface area (Å²) >= 11 is 0. The van der Waals surface area contributed by atoms with E-state index in [0.29, 0.717) is 71.1 Å². The van der Waals surface area contributed by atoms with Crippen molar-refractivity contribution in [3.8, 4) is 0 Å². The van der Waals surface area contributed by atoms with E-state index in [2.05, 4.69) is 17.1 Å². The molecule has 1 aromatic heterocycles. The summed E-state index contributed by atoms with van der Waals surface area (Å²) in [5, 5.41) is 8.86. The van der Waals surface area contributed by atoms with Gasteiger partial charge in [-0.2, -0.15) is 0 Å². The number of amides is 1. The molecule has 226 valence electrons. The van der Waals surface area contributed by atoms with Crippen molar-refractivity contribution >= 4 is 16.9 Å². The van der Waals surface area contributed by atoms with Crippen molar-refractivity contribution in [2.75, 3.05) is 52.7 Å². The molecule has 3 aromatic rings. The number of piperidine rings is 1. The van der Waals surface area contributed by atoms with E-state index in [4.69, 9.17) is 24.1 Å². The average Bonchev–Trinajstić information content (AvgIpc) is 3.36. The molecule has 3 heterocycles. The molecule has 0 aliphatic carbocycles. The van der Waals surface area contributed by atoms with Crippen LogP contribution >= 0.6 is 0 Å². The lowest BCUT2D eigenvalue weighted by Gasteiger charge is -2.39. The van der Waals surface area contributed by atoms with Gasteiger partial charge in [-0.05, 0) is 50.0 Å². The number of carbonyl (C=O) groups is 1. The van der Waals surface area contributed by atoms with Crippen LogP contribution < -0.4 is 5.69 Å². The van der Waals surface area contributed by atoms with Gasteiger partial charge in [-0.25, -0.2) is 4.79 Å². The monoisotopic (exact) mass is 579 g/mol. The number of aliphatic hydroxyl groups is 1. The molecular weight excluding hydrogens is 538 g/mol. The van der Waals surface area contributed by atoms with E-state index in [0.717, 1.165) is 16.6 Å². The highest BCUT2D eigenvalue weighted by atomic mass is 16.7. The molecule has 2 aromatic carbocycles. The van der Waals surface area contributed by atoms with Gasteiger partial charge in [0.25, 0.3) is 5.91 Å². The first-order valence-corrected chi connectivity index (χ1v) is 14.9. The summed E-state index contributed by atoms with van der Waals surface area (Å²) in [7, 11) is 0. The first-order chi connectivity index (χ1) is 20.6. The number of fused-ring (bicyclic) bond motifs is 1. The molecule has 10 heteroatoms. The van der Waals surface area contributed by atoms with E-state index >= 15 is 0 Å². The SMILES string of the molecule is CCOC1OC(C(=O)N2CCC(n3c(=O)[nH]c4ccccc43)CC2)=CC(c2ccccc2)C1CCOCCOCCO. The number of likely N-dealkylation sites (tertiary alicyclic amines) is 1. The Hall–Kier alpha value is -3.44. The van der Waals surface area contributed by atoms with Gasteiger partial charge in [-0.15, -0.1) is 0 Å². The summed E-state index contributed by atoms with van der Waals surface area (Å²) in [6, 6.07) is 17.8. The van der Waals surface area contributed by atoms with Crippen LogP contribution in [0.2, 0.25) is 0 Å². The fourth-order valence-corrected chi connectivity index (χ4v) is 6.01. The Bertz CT molecular complexity index is 1380. The number of H-pyrrole nitrogens is 1. The molecule has 3 atom stereocenters. The van der Waals surface area contributed by atoms with Crippen LogP contribution in [0.5, 0.6) is 0 Å². The largest absolute Gasteiger partial charge is 0.459 e. The molecule has 10 nitrogen and oxygen atoms in total. The van der Waals surface area contributed by atoms with Crippen molar-refractivity contribution in [3.63, 3.8) is 0 Å². The summed E-state index contributed by atoms with van der Waals surface area (Å²) in [6.45, 7) is 5.05. The Kier molecular flexibility index (Phi) is 10.5. The average molecular weight is 580 g/mol. The number of rotatable bonds is 13. The van der Waals surface area contributed by atoms with Crippen LogP contribution in [-0.4, -0.2) is 84.5 Å². The van der Waals surface area contributed by atoms with Crippen LogP contribution in [-0.2, 0) is 23.7 Å². The highest BCUT2D eigenvalue weighted by molar-refractivity contribution is 5.92. The Labute approximate surface area is 245 Å². The van der Waals surface area contributed by atoms with Gasteiger partial charge < -0.3 is 33.9 Å². The number of imidazole rings is 1. The zero-order chi connectivity index (χ0) is 29.3. The lowest BCUT2D eigenvalue weighted by Crippen LogP contribution is -2.44. The number of aromatic amines is 1. The molecule has 5 rings (SSSR count). The second kappa shape index (κ2) is 14.6. The van der Waals surface area contributed by atoms with Crippen LogP contribution in [0.4, 0.5) is 0 Å². The van der Waals surface area contributed by atoms with Crippen LogP contribution in [0.25, 0.3) is 11.0 Å². The smallest absolute Gasteiger partial charge is 0.326 e. The van der Waals surface area contributed by atoms with E-state index in [1.807, 2.05) is 64.9 Å². The van der Waals surface area contributed by atoms with Gasteiger partial charge >= 0.3 is 5.69 Å². The lowest BCUT2D eigenvalue weighted by atomic mass is 9.81. The Morgan fingerprint density at radius 2 is 1.71 bits per heavy atom. The first kappa shape index (κ1) is 30.0. The van der Waals surface area contributed by atoms with Crippen molar-refractivity contribution in [2.24, 2.45) is 5.92 Å². The molecule has 1 saturated heterocycles. The van der Waals surface area contributed by atoms with Crippen molar-refractivity contribution in [2.45, 2.75) is 44.4 Å². The van der Waals surface area contributed by atoms with Crippen LogP contribution in [0.3, 0.4) is 0 Å². The normalized spacial score (nSPS) is 21.3. The zero-order valence-electron chi connectivity index (χ0n) is 24.2. The minimum atomic E-state index is -0.597. The lowest BCUT2D eigenvalue weighted by molar-refractivity contribution is -0.172. The van der Waals surface area contributed by atoms with E-state index in [9.17, 15) is 9.59 Å². The van der Waals surface area contributed by atoms with E-state index in [-0.39, 0.29) is 36.1 Å². The maximum absolute atomic E-state index is 13.8. The maximum atomic E-state index is 13.8. The summed E-state index contributed by atoms with van der Waals surface area (Å²) < 4.78 is 25.2. The van der Waals surface area contributed by atoms with Gasteiger partial charge in [0.2, 0.25) is 6.29 Å². The van der Waals surface area contributed by atoms with E-state index < -0.39 is 6.29 Å². The minimum Gasteiger partial charge on any atom is -0.459 e. The number of para-hydroxylation sites is 2. The third-order valence-electron chi connectivity index (χ3n) is 8.06. The second-order valence-corrected chi connectivity index (χ2v) is 10.7. The molecule has 0 saturated carbocycles. The van der Waals surface area contributed by atoms with Gasteiger partial charge in [0.05, 0.1) is 37.5 Å². The van der Waals surface area contributed by atoms with Gasteiger partial charge in [-0.1, -0.05) is 42.5 Å². The van der Waals surface area contributed by atoms with Crippen molar-refractivity contribution < 1.29 is 28.8 Å². The second-order valence-electron chi connectivity index (χ2n) is 10.7. The number of nitrogens with one attached hydrogen (secondary N) is 1. The molecular formula is C32H41N3O7. The summed E-state index contributed by atoms with van der Waals surface area (Å²) in [6.07, 6.45) is 3.38.